The van der Waals surface area contributed by atoms with Crippen LogP contribution >= 0.6 is 0 Å². The first-order chi connectivity index (χ1) is 8.70. The summed E-state index contributed by atoms with van der Waals surface area (Å²) in [5, 5.41) is 9.88. The lowest BCUT2D eigenvalue weighted by Crippen LogP contribution is -2.37. The van der Waals surface area contributed by atoms with E-state index in [0.29, 0.717) is 0 Å². The first kappa shape index (κ1) is 13.8. The molecule has 2 aliphatic rings. The summed E-state index contributed by atoms with van der Waals surface area (Å²) in [6.07, 6.45) is 7.53. The topological polar surface area (TPSA) is 55.8 Å². The summed E-state index contributed by atoms with van der Waals surface area (Å²) < 4.78 is 10.8. The molecule has 2 fully saturated rings. The van der Waals surface area contributed by atoms with Gasteiger partial charge in [0.2, 0.25) is 0 Å². The van der Waals surface area contributed by atoms with Crippen LogP contribution in [0.4, 0.5) is 0 Å². The number of ether oxygens (including phenoxy) is 2. The monoisotopic (exact) mass is 256 g/mol. The Morgan fingerprint density at radius 1 is 1.06 bits per heavy atom. The van der Waals surface area contributed by atoms with Gasteiger partial charge in [-0.3, -0.25) is 4.79 Å². The molecule has 1 N–H and O–H groups in total. The lowest BCUT2D eigenvalue weighted by molar-refractivity contribution is -0.149. The Balaban J connectivity index is 1.74. The molecule has 0 radical (unpaired) electrons. The summed E-state index contributed by atoms with van der Waals surface area (Å²) >= 11 is 0. The van der Waals surface area contributed by atoms with Gasteiger partial charge < -0.3 is 14.6 Å². The highest BCUT2D eigenvalue weighted by molar-refractivity contribution is 5.72. The van der Waals surface area contributed by atoms with E-state index < -0.39 is 0 Å². The van der Waals surface area contributed by atoms with Gasteiger partial charge in [-0.2, -0.15) is 0 Å². The van der Waals surface area contributed by atoms with E-state index >= 15 is 0 Å². The number of aliphatic hydroxyl groups excluding tert-OH is 1. The van der Waals surface area contributed by atoms with E-state index in [1.165, 1.54) is 7.11 Å². The lowest BCUT2D eigenvalue weighted by Gasteiger charge is -2.34. The van der Waals surface area contributed by atoms with E-state index in [9.17, 15) is 9.90 Å². The van der Waals surface area contributed by atoms with Gasteiger partial charge in [-0.05, 0) is 38.5 Å². The van der Waals surface area contributed by atoms with Crippen molar-refractivity contribution >= 4 is 5.97 Å². The van der Waals surface area contributed by atoms with Crippen LogP contribution in [0.1, 0.15) is 51.4 Å². The van der Waals surface area contributed by atoms with Gasteiger partial charge in [-0.25, -0.2) is 0 Å². The zero-order chi connectivity index (χ0) is 13.0. The molecular weight excluding hydrogens is 232 g/mol. The number of hydrogen-bond acceptors (Lipinski definition) is 4. The number of methoxy groups -OCH3 is 1. The average molecular weight is 256 g/mol. The molecular formula is C14H24O4. The Kier molecular flexibility index (Phi) is 5.01. The van der Waals surface area contributed by atoms with Gasteiger partial charge >= 0.3 is 5.97 Å². The van der Waals surface area contributed by atoms with E-state index in [-0.39, 0.29) is 30.2 Å². The molecule has 0 saturated heterocycles. The van der Waals surface area contributed by atoms with Crippen molar-refractivity contribution in [1.82, 2.24) is 0 Å². The maximum Gasteiger partial charge on any atom is 0.308 e. The van der Waals surface area contributed by atoms with E-state index in [0.717, 1.165) is 51.4 Å². The van der Waals surface area contributed by atoms with E-state index in [4.69, 9.17) is 9.47 Å². The molecule has 0 aromatic rings. The molecule has 0 amide bonds. The number of esters is 1. The Hall–Kier alpha value is -0.610. The van der Waals surface area contributed by atoms with E-state index in [1.807, 2.05) is 0 Å². The predicted molar refractivity (Wildman–Crippen MR) is 67.1 cm³/mol. The zero-order valence-corrected chi connectivity index (χ0v) is 11.1. The highest BCUT2D eigenvalue weighted by Crippen LogP contribution is 2.30. The first-order valence-electron chi connectivity index (χ1n) is 7.12. The van der Waals surface area contributed by atoms with Crippen LogP contribution < -0.4 is 0 Å². The van der Waals surface area contributed by atoms with Crippen molar-refractivity contribution in [3.8, 4) is 0 Å². The average Bonchev–Trinajstić information content (AvgIpc) is 2.41. The normalized spacial score (nSPS) is 37.2. The summed E-state index contributed by atoms with van der Waals surface area (Å²) in [4.78, 5) is 11.4. The maximum atomic E-state index is 11.4. The Morgan fingerprint density at radius 2 is 1.72 bits per heavy atom. The standard InChI is InChI=1S/C14H24O4/c1-17-14(16)10-6-8-11(9-7-10)18-13-5-3-2-4-12(13)15/h10-13,15H,2-9H2,1H3. The smallest absolute Gasteiger partial charge is 0.308 e. The van der Waals surface area contributed by atoms with Crippen molar-refractivity contribution in [1.29, 1.82) is 0 Å². The molecule has 2 rings (SSSR count). The third-order valence-electron chi connectivity index (χ3n) is 4.24. The number of carbonyl (C=O) groups excluding carboxylic acids is 1. The van der Waals surface area contributed by atoms with E-state index in [1.54, 1.807) is 0 Å². The predicted octanol–water partition coefficient (Wildman–Crippen LogP) is 2.04. The zero-order valence-electron chi connectivity index (χ0n) is 11.1. The summed E-state index contributed by atoms with van der Waals surface area (Å²) in [5.41, 5.74) is 0. The summed E-state index contributed by atoms with van der Waals surface area (Å²) in [6, 6.07) is 0. The Bertz CT molecular complexity index is 271. The van der Waals surface area contributed by atoms with Gasteiger partial charge in [0, 0.05) is 0 Å². The molecule has 4 nitrogen and oxygen atoms in total. The number of carbonyl (C=O) groups is 1. The van der Waals surface area contributed by atoms with Gasteiger partial charge in [0.05, 0.1) is 31.3 Å². The highest BCUT2D eigenvalue weighted by Gasteiger charge is 2.31. The van der Waals surface area contributed by atoms with E-state index in [2.05, 4.69) is 0 Å². The van der Waals surface area contributed by atoms with Crippen molar-refractivity contribution in [3.05, 3.63) is 0 Å². The van der Waals surface area contributed by atoms with Crippen LogP contribution in [0, 0.1) is 5.92 Å². The van der Waals surface area contributed by atoms with Crippen LogP contribution in [-0.4, -0.2) is 36.5 Å². The molecule has 0 aliphatic heterocycles. The quantitative estimate of drug-likeness (QED) is 0.785. The molecule has 104 valence electrons. The number of hydrogen-bond donors (Lipinski definition) is 1. The molecule has 0 aromatic carbocycles. The third-order valence-corrected chi connectivity index (χ3v) is 4.24. The van der Waals surface area contributed by atoms with Gasteiger partial charge in [0.1, 0.15) is 0 Å². The third kappa shape index (κ3) is 3.45. The summed E-state index contributed by atoms with van der Waals surface area (Å²) in [5.74, 6) is -0.0442. The second-order valence-electron chi connectivity index (χ2n) is 5.52. The van der Waals surface area contributed by atoms with Crippen molar-refractivity contribution in [2.45, 2.75) is 69.7 Å². The number of aliphatic hydroxyl groups is 1. The SMILES string of the molecule is COC(=O)C1CCC(OC2CCCCC2O)CC1. The lowest BCUT2D eigenvalue weighted by atomic mass is 9.87. The molecule has 0 spiro atoms. The van der Waals surface area contributed by atoms with Gasteiger partial charge in [0.15, 0.2) is 0 Å². The fourth-order valence-electron chi connectivity index (χ4n) is 3.08. The minimum Gasteiger partial charge on any atom is -0.469 e. The molecule has 2 atom stereocenters. The molecule has 4 heteroatoms. The van der Waals surface area contributed by atoms with Crippen molar-refractivity contribution in [3.63, 3.8) is 0 Å². The van der Waals surface area contributed by atoms with Crippen LogP contribution in [0.15, 0.2) is 0 Å². The molecule has 2 unspecified atom stereocenters. The minimum atomic E-state index is -0.294. The largest absolute Gasteiger partial charge is 0.469 e. The van der Waals surface area contributed by atoms with Crippen LogP contribution in [-0.2, 0) is 14.3 Å². The van der Waals surface area contributed by atoms with Gasteiger partial charge in [-0.15, -0.1) is 0 Å². The molecule has 0 bridgehead atoms. The Morgan fingerprint density at radius 3 is 2.33 bits per heavy atom. The van der Waals surface area contributed by atoms with Crippen LogP contribution in [0.5, 0.6) is 0 Å². The molecule has 2 saturated carbocycles. The number of rotatable bonds is 3. The minimum absolute atomic E-state index is 0.0124. The molecule has 0 aromatic heterocycles. The Labute approximate surface area is 109 Å². The molecule has 2 aliphatic carbocycles. The van der Waals surface area contributed by atoms with Crippen molar-refractivity contribution < 1.29 is 19.4 Å². The summed E-state index contributed by atoms with van der Waals surface area (Å²) in [7, 11) is 1.45. The van der Waals surface area contributed by atoms with Crippen LogP contribution in [0.3, 0.4) is 0 Å². The fraction of sp³-hybridized carbons (Fsp3) is 0.929. The fourth-order valence-corrected chi connectivity index (χ4v) is 3.08. The molecule has 18 heavy (non-hydrogen) atoms. The first-order valence-corrected chi connectivity index (χ1v) is 7.12. The van der Waals surface area contributed by atoms with Gasteiger partial charge in [-0.1, -0.05) is 12.8 Å². The second-order valence-corrected chi connectivity index (χ2v) is 5.52. The summed E-state index contributed by atoms with van der Waals surface area (Å²) in [6.45, 7) is 0. The maximum absolute atomic E-state index is 11.4. The van der Waals surface area contributed by atoms with Crippen LogP contribution in [0.2, 0.25) is 0 Å². The van der Waals surface area contributed by atoms with Crippen molar-refractivity contribution in [2.75, 3.05) is 7.11 Å². The highest BCUT2D eigenvalue weighted by atomic mass is 16.5. The van der Waals surface area contributed by atoms with Crippen molar-refractivity contribution in [2.24, 2.45) is 5.92 Å². The second kappa shape index (κ2) is 6.53. The molecule has 0 heterocycles. The van der Waals surface area contributed by atoms with Crippen LogP contribution in [0.25, 0.3) is 0 Å². The van der Waals surface area contributed by atoms with Gasteiger partial charge in [0.25, 0.3) is 0 Å².